The smallest absolute Gasteiger partial charge is 0.251 e. The van der Waals surface area contributed by atoms with Gasteiger partial charge in [0, 0.05) is 74.3 Å². The normalized spacial score (nSPS) is 14.2. The Labute approximate surface area is 233 Å². The molecule has 206 valence electrons. The molecule has 1 amide bonds. The maximum absolute atomic E-state index is 13.5. The maximum atomic E-state index is 13.5. The summed E-state index contributed by atoms with van der Waals surface area (Å²) in [5.41, 5.74) is 4.46. The van der Waals surface area contributed by atoms with Crippen molar-refractivity contribution >= 4 is 5.91 Å². The maximum Gasteiger partial charge on any atom is 0.251 e. The number of carbonyl (C=O) groups is 1. The zero-order chi connectivity index (χ0) is 28.1. The number of amides is 1. The van der Waals surface area contributed by atoms with Gasteiger partial charge in [-0.2, -0.15) is 0 Å². The van der Waals surface area contributed by atoms with Gasteiger partial charge in [0.15, 0.2) is 0 Å². The van der Waals surface area contributed by atoms with E-state index < -0.39 is 11.6 Å². The molecule has 0 unspecified atom stereocenters. The van der Waals surface area contributed by atoms with Gasteiger partial charge < -0.3 is 15.0 Å². The van der Waals surface area contributed by atoms with Crippen LogP contribution in [0.4, 0.5) is 8.78 Å². The number of halogens is 2. The van der Waals surface area contributed by atoms with Crippen molar-refractivity contribution in [3.05, 3.63) is 113 Å². The molecule has 0 radical (unpaired) electrons. The lowest BCUT2D eigenvalue weighted by atomic mass is 10.1. The van der Waals surface area contributed by atoms with Crippen LogP contribution >= 0.6 is 0 Å². The molecule has 1 aromatic heterocycles. The van der Waals surface area contributed by atoms with E-state index >= 15 is 0 Å². The van der Waals surface area contributed by atoms with E-state index in [4.69, 9.17) is 4.74 Å². The second-order valence-corrected chi connectivity index (χ2v) is 10.1. The first kappa shape index (κ1) is 27.4. The van der Waals surface area contributed by atoms with Gasteiger partial charge in [0.1, 0.15) is 23.1 Å². The van der Waals surface area contributed by atoms with Crippen LogP contribution in [0.25, 0.3) is 11.3 Å². The van der Waals surface area contributed by atoms with Crippen molar-refractivity contribution in [1.82, 2.24) is 20.1 Å². The molecule has 3 aromatic carbocycles. The van der Waals surface area contributed by atoms with Gasteiger partial charge in [0.05, 0.1) is 5.69 Å². The third kappa shape index (κ3) is 6.89. The number of likely N-dealkylation sites (N-methyl/N-ethyl adjacent to an activating group) is 1. The largest absolute Gasteiger partial charge is 0.457 e. The number of aromatic nitrogens is 1. The Bertz CT molecular complexity index is 1480. The van der Waals surface area contributed by atoms with Crippen LogP contribution in [0.15, 0.2) is 79.0 Å². The number of nitrogens with one attached hydrogen (secondary N) is 1. The molecule has 1 aliphatic rings. The summed E-state index contributed by atoms with van der Waals surface area (Å²) in [5, 5.41) is 2.73. The molecule has 0 bridgehead atoms. The van der Waals surface area contributed by atoms with Gasteiger partial charge in [-0.25, -0.2) is 8.78 Å². The minimum atomic E-state index is -0.686. The summed E-state index contributed by atoms with van der Waals surface area (Å²) in [7, 11) is 2.16. The average molecular weight is 543 g/mol. The summed E-state index contributed by atoms with van der Waals surface area (Å²) in [5.74, 6) is -0.598. The van der Waals surface area contributed by atoms with Gasteiger partial charge >= 0.3 is 0 Å². The second-order valence-electron chi connectivity index (χ2n) is 10.1. The molecule has 6 nitrogen and oxygen atoms in total. The number of hydrogen-bond acceptors (Lipinski definition) is 5. The Hall–Kier alpha value is -4.14. The lowest BCUT2D eigenvalue weighted by Gasteiger charge is -2.32. The molecule has 5 rings (SSSR count). The fourth-order valence-corrected chi connectivity index (χ4v) is 4.81. The minimum Gasteiger partial charge on any atom is -0.457 e. The Morgan fingerprint density at radius 2 is 1.68 bits per heavy atom. The van der Waals surface area contributed by atoms with E-state index in [0.717, 1.165) is 50.0 Å². The standard InChI is InChI=1S/C32H32F2N4O2/c1-22-29(32(39)36-20-24-16-26(33)18-27(34)17-24)7-4-8-31(22)40-28-9-10-35-30(19-28)25-6-3-5-23(15-25)21-38-13-11-37(2)12-14-38/h3-10,15-19H,11-14,20-21H2,1-2H3,(H,36,39). The summed E-state index contributed by atoms with van der Waals surface area (Å²) in [6.07, 6.45) is 1.71. The SMILES string of the molecule is Cc1c(Oc2ccnc(-c3cccc(CN4CCN(C)CC4)c3)c2)cccc1C(=O)NCc1cc(F)cc(F)c1. The van der Waals surface area contributed by atoms with Crippen molar-refractivity contribution in [3.8, 4) is 22.8 Å². The van der Waals surface area contributed by atoms with Crippen molar-refractivity contribution < 1.29 is 18.3 Å². The molecule has 8 heteroatoms. The van der Waals surface area contributed by atoms with Gasteiger partial charge in [-0.05, 0) is 61.5 Å². The third-order valence-corrected chi connectivity index (χ3v) is 7.09. The number of pyridine rings is 1. The topological polar surface area (TPSA) is 57.7 Å². The van der Waals surface area contributed by atoms with E-state index in [1.54, 1.807) is 37.4 Å². The summed E-state index contributed by atoms with van der Waals surface area (Å²) in [6, 6.07) is 20.5. The molecule has 0 aliphatic carbocycles. The second kappa shape index (κ2) is 12.4. The number of hydrogen-bond donors (Lipinski definition) is 1. The molecule has 4 aromatic rings. The van der Waals surface area contributed by atoms with E-state index in [9.17, 15) is 13.6 Å². The van der Waals surface area contributed by atoms with Crippen LogP contribution in [0.5, 0.6) is 11.5 Å². The Morgan fingerprint density at radius 3 is 2.45 bits per heavy atom. The quantitative estimate of drug-likeness (QED) is 0.305. The van der Waals surface area contributed by atoms with Crippen LogP contribution in [0.3, 0.4) is 0 Å². The van der Waals surface area contributed by atoms with Crippen molar-refractivity contribution in [2.24, 2.45) is 0 Å². The van der Waals surface area contributed by atoms with Crippen molar-refractivity contribution in [2.75, 3.05) is 33.2 Å². The third-order valence-electron chi connectivity index (χ3n) is 7.09. The van der Waals surface area contributed by atoms with E-state index in [1.165, 1.54) is 17.7 Å². The fraction of sp³-hybridized carbons (Fsp3) is 0.250. The molecular weight excluding hydrogens is 510 g/mol. The summed E-state index contributed by atoms with van der Waals surface area (Å²) in [4.78, 5) is 22.3. The van der Waals surface area contributed by atoms with Gasteiger partial charge in [0.2, 0.25) is 0 Å². The molecule has 40 heavy (non-hydrogen) atoms. The van der Waals surface area contributed by atoms with Crippen molar-refractivity contribution in [1.29, 1.82) is 0 Å². The molecule has 0 spiro atoms. The highest BCUT2D eigenvalue weighted by Gasteiger charge is 2.16. The Morgan fingerprint density at radius 1 is 0.925 bits per heavy atom. The summed E-state index contributed by atoms with van der Waals surface area (Å²) < 4.78 is 33.2. The van der Waals surface area contributed by atoms with Gasteiger partial charge in [-0.15, -0.1) is 0 Å². The van der Waals surface area contributed by atoms with Gasteiger partial charge in [-0.1, -0.05) is 24.3 Å². The van der Waals surface area contributed by atoms with Crippen LogP contribution in [0, 0.1) is 18.6 Å². The van der Waals surface area contributed by atoms with Crippen LogP contribution in [0.1, 0.15) is 27.0 Å². The fourth-order valence-electron chi connectivity index (χ4n) is 4.81. The van der Waals surface area contributed by atoms with E-state index in [-0.39, 0.29) is 12.5 Å². The lowest BCUT2D eigenvalue weighted by Crippen LogP contribution is -2.43. The van der Waals surface area contributed by atoms with Crippen molar-refractivity contribution in [2.45, 2.75) is 20.0 Å². The van der Waals surface area contributed by atoms with E-state index in [1.807, 2.05) is 12.1 Å². The zero-order valence-electron chi connectivity index (χ0n) is 22.7. The molecular formula is C32H32F2N4O2. The first-order valence-corrected chi connectivity index (χ1v) is 13.3. The number of ether oxygens (including phenoxy) is 1. The molecule has 2 heterocycles. The number of rotatable bonds is 8. The van der Waals surface area contributed by atoms with Gasteiger partial charge in [-0.3, -0.25) is 14.7 Å². The number of benzene rings is 3. The highest BCUT2D eigenvalue weighted by molar-refractivity contribution is 5.96. The van der Waals surface area contributed by atoms with E-state index in [0.29, 0.717) is 28.2 Å². The monoisotopic (exact) mass is 542 g/mol. The molecule has 1 aliphatic heterocycles. The zero-order valence-corrected chi connectivity index (χ0v) is 22.7. The highest BCUT2D eigenvalue weighted by Crippen LogP contribution is 2.30. The predicted octanol–water partition coefficient (Wildman–Crippen LogP) is 5.80. The molecule has 1 saturated heterocycles. The predicted molar refractivity (Wildman–Crippen MR) is 151 cm³/mol. The lowest BCUT2D eigenvalue weighted by molar-refractivity contribution is 0.0949. The van der Waals surface area contributed by atoms with Gasteiger partial charge in [0.25, 0.3) is 5.91 Å². The minimum absolute atomic E-state index is 0.000372. The van der Waals surface area contributed by atoms with Crippen LogP contribution < -0.4 is 10.1 Å². The van der Waals surface area contributed by atoms with Crippen LogP contribution in [0.2, 0.25) is 0 Å². The number of nitrogens with zero attached hydrogens (tertiary/aromatic N) is 3. The Kier molecular flexibility index (Phi) is 8.48. The summed E-state index contributed by atoms with van der Waals surface area (Å²) >= 11 is 0. The first-order chi connectivity index (χ1) is 19.3. The average Bonchev–Trinajstić information content (AvgIpc) is 2.94. The molecule has 1 fully saturated rings. The van der Waals surface area contributed by atoms with Crippen LogP contribution in [-0.2, 0) is 13.1 Å². The number of piperazine rings is 1. The molecule has 1 N–H and O–H groups in total. The summed E-state index contributed by atoms with van der Waals surface area (Å²) in [6.45, 7) is 6.98. The Balaban J connectivity index is 1.27. The number of carbonyl (C=O) groups excluding carboxylic acids is 1. The molecule has 0 saturated carbocycles. The van der Waals surface area contributed by atoms with Crippen LogP contribution in [-0.4, -0.2) is 53.9 Å². The first-order valence-electron chi connectivity index (χ1n) is 13.3. The molecule has 0 atom stereocenters. The highest BCUT2D eigenvalue weighted by atomic mass is 19.1. The van der Waals surface area contributed by atoms with E-state index in [2.05, 4.69) is 45.3 Å². The van der Waals surface area contributed by atoms with Crippen molar-refractivity contribution in [3.63, 3.8) is 0 Å².